The van der Waals surface area contributed by atoms with E-state index in [0.29, 0.717) is 15.5 Å². The van der Waals surface area contributed by atoms with Crippen LogP contribution in [0.2, 0.25) is 0 Å². The summed E-state index contributed by atoms with van der Waals surface area (Å²) in [6.45, 7) is 1.47. The van der Waals surface area contributed by atoms with Gasteiger partial charge in [0.2, 0.25) is 11.7 Å². The third-order valence-electron chi connectivity index (χ3n) is 3.19. The molecule has 0 aliphatic heterocycles. The van der Waals surface area contributed by atoms with Crippen molar-refractivity contribution >= 4 is 50.0 Å². The molecule has 8 heteroatoms. The SMILES string of the molecule is CC(=O)N(c1ccccc1)c1nc(COC(=O)c2ccc(Br)o2)cs1. The van der Waals surface area contributed by atoms with Crippen molar-refractivity contribution in [1.82, 2.24) is 4.98 Å². The fourth-order valence-corrected chi connectivity index (χ4v) is 3.28. The van der Waals surface area contributed by atoms with Crippen LogP contribution in [0.1, 0.15) is 23.2 Å². The lowest BCUT2D eigenvalue weighted by molar-refractivity contribution is -0.115. The highest BCUT2D eigenvalue weighted by Crippen LogP contribution is 2.29. The summed E-state index contributed by atoms with van der Waals surface area (Å²) in [5.74, 6) is -0.617. The number of amides is 1. The number of carbonyl (C=O) groups excluding carboxylic acids is 2. The van der Waals surface area contributed by atoms with Crippen LogP contribution in [-0.2, 0) is 16.1 Å². The van der Waals surface area contributed by atoms with Crippen LogP contribution in [0.3, 0.4) is 0 Å². The highest BCUT2D eigenvalue weighted by atomic mass is 79.9. The molecule has 0 aliphatic carbocycles. The number of halogens is 1. The maximum atomic E-state index is 12.0. The molecular weight excluding hydrogens is 408 g/mol. The van der Waals surface area contributed by atoms with Gasteiger partial charge < -0.3 is 9.15 Å². The zero-order valence-corrected chi connectivity index (χ0v) is 15.5. The van der Waals surface area contributed by atoms with Crippen molar-refractivity contribution in [3.05, 3.63) is 64.0 Å². The maximum absolute atomic E-state index is 12.0. The molecule has 6 nitrogen and oxygen atoms in total. The maximum Gasteiger partial charge on any atom is 0.374 e. The molecule has 3 rings (SSSR count). The van der Waals surface area contributed by atoms with Crippen LogP contribution >= 0.6 is 27.3 Å². The predicted molar refractivity (Wildman–Crippen MR) is 96.9 cm³/mol. The van der Waals surface area contributed by atoms with Crippen molar-refractivity contribution in [3.63, 3.8) is 0 Å². The molecule has 2 aromatic heterocycles. The van der Waals surface area contributed by atoms with Gasteiger partial charge in [-0.3, -0.25) is 9.69 Å². The van der Waals surface area contributed by atoms with Gasteiger partial charge in [0.1, 0.15) is 6.61 Å². The summed E-state index contributed by atoms with van der Waals surface area (Å²) in [6.07, 6.45) is 0. The Morgan fingerprint density at radius 1 is 1.24 bits per heavy atom. The van der Waals surface area contributed by atoms with Gasteiger partial charge >= 0.3 is 5.97 Å². The summed E-state index contributed by atoms with van der Waals surface area (Å²) in [7, 11) is 0. The number of esters is 1. The molecule has 25 heavy (non-hydrogen) atoms. The topological polar surface area (TPSA) is 72.6 Å². The van der Waals surface area contributed by atoms with Gasteiger partial charge in [0.25, 0.3) is 0 Å². The van der Waals surface area contributed by atoms with E-state index in [0.717, 1.165) is 5.69 Å². The number of benzene rings is 1. The largest absolute Gasteiger partial charge is 0.453 e. The smallest absolute Gasteiger partial charge is 0.374 e. The molecule has 0 saturated heterocycles. The van der Waals surface area contributed by atoms with Gasteiger partial charge in [-0.1, -0.05) is 18.2 Å². The summed E-state index contributed by atoms with van der Waals surface area (Å²) >= 11 is 4.43. The lowest BCUT2D eigenvalue weighted by Gasteiger charge is -2.17. The van der Waals surface area contributed by atoms with Crippen LogP contribution in [-0.4, -0.2) is 16.9 Å². The van der Waals surface area contributed by atoms with E-state index in [-0.39, 0.29) is 18.3 Å². The molecule has 2 heterocycles. The summed E-state index contributed by atoms with van der Waals surface area (Å²) in [5, 5.41) is 2.27. The molecule has 0 unspecified atom stereocenters. The Labute approximate surface area is 156 Å². The van der Waals surface area contributed by atoms with Gasteiger partial charge in [-0.2, -0.15) is 0 Å². The number of aromatic nitrogens is 1. The minimum atomic E-state index is -0.577. The summed E-state index contributed by atoms with van der Waals surface area (Å²) in [5.41, 5.74) is 1.29. The second-order valence-electron chi connectivity index (χ2n) is 4.99. The third kappa shape index (κ3) is 4.15. The van der Waals surface area contributed by atoms with E-state index in [1.165, 1.54) is 29.2 Å². The monoisotopic (exact) mass is 420 g/mol. The highest BCUT2D eigenvalue weighted by molar-refractivity contribution is 9.10. The molecule has 1 aromatic carbocycles. The molecule has 0 bridgehead atoms. The lowest BCUT2D eigenvalue weighted by Crippen LogP contribution is -2.22. The zero-order valence-electron chi connectivity index (χ0n) is 13.1. The van der Waals surface area contributed by atoms with Crippen molar-refractivity contribution in [1.29, 1.82) is 0 Å². The number of rotatable bonds is 5. The molecule has 0 saturated carbocycles. The Balaban J connectivity index is 1.71. The number of ether oxygens (including phenoxy) is 1. The fourth-order valence-electron chi connectivity index (χ4n) is 2.10. The minimum absolute atomic E-state index is 0.00577. The number of thiazole rings is 1. The average molecular weight is 421 g/mol. The summed E-state index contributed by atoms with van der Waals surface area (Å²) < 4.78 is 10.8. The lowest BCUT2D eigenvalue weighted by atomic mass is 10.3. The van der Waals surface area contributed by atoms with Gasteiger partial charge in [0, 0.05) is 12.3 Å². The van der Waals surface area contributed by atoms with E-state index in [1.54, 1.807) is 11.4 Å². The molecule has 0 spiro atoms. The van der Waals surface area contributed by atoms with Crippen LogP contribution in [0.4, 0.5) is 10.8 Å². The first-order valence-corrected chi connectivity index (χ1v) is 8.94. The van der Waals surface area contributed by atoms with Gasteiger partial charge in [-0.25, -0.2) is 9.78 Å². The molecular formula is C17H13BrN2O4S. The standard InChI is InChI=1S/C17H13BrN2O4S/c1-11(21)20(13-5-3-2-4-6-13)17-19-12(10-25-17)9-23-16(22)14-7-8-15(18)24-14/h2-8,10H,9H2,1H3. The normalized spacial score (nSPS) is 10.5. The predicted octanol–water partition coefficient (Wildman–Crippen LogP) is 4.54. The van der Waals surface area contributed by atoms with Crippen LogP contribution in [0.15, 0.2) is 56.9 Å². The Hall–Kier alpha value is -2.45. The number of carbonyl (C=O) groups is 2. The first-order valence-electron chi connectivity index (χ1n) is 7.27. The van der Waals surface area contributed by atoms with Crippen molar-refractivity contribution in [2.75, 3.05) is 4.90 Å². The van der Waals surface area contributed by atoms with Crippen molar-refractivity contribution < 1.29 is 18.7 Å². The molecule has 0 N–H and O–H groups in total. The van der Waals surface area contributed by atoms with Gasteiger partial charge in [-0.05, 0) is 40.2 Å². The Morgan fingerprint density at radius 2 is 2.00 bits per heavy atom. The highest BCUT2D eigenvalue weighted by Gasteiger charge is 2.18. The average Bonchev–Trinajstić information content (AvgIpc) is 3.23. The van der Waals surface area contributed by atoms with E-state index in [4.69, 9.17) is 9.15 Å². The van der Waals surface area contributed by atoms with Crippen molar-refractivity contribution in [3.8, 4) is 0 Å². The Morgan fingerprint density at radius 3 is 2.64 bits per heavy atom. The van der Waals surface area contributed by atoms with Crippen molar-refractivity contribution in [2.45, 2.75) is 13.5 Å². The number of para-hydroxylation sites is 1. The summed E-state index contributed by atoms with van der Waals surface area (Å²) in [4.78, 5) is 29.8. The van der Waals surface area contributed by atoms with E-state index in [9.17, 15) is 9.59 Å². The molecule has 0 aliphatic rings. The minimum Gasteiger partial charge on any atom is -0.453 e. The number of nitrogens with zero attached hydrogens (tertiary/aromatic N) is 2. The molecule has 128 valence electrons. The van der Waals surface area contributed by atoms with Crippen LogP contribution < -0.4 is 4.90 Å². The van der Waals surface area contributed by atoms with E-state index in [2.05, 4.69) is 20.9 Å². The zero-order chi connectivity index (χ0) is 17.8. The first kappa shape index (κ1) is 17.4. The summed E-state index contributed by atoms with van der Waals surface area (Å²) in [6, 6.07) is 12.4. The van der Waals surface area contributed by atoms with Crippen LogP contribution in [0, 0.1) is 0 Å². The van der Waals surface area contributed by atoms with E-state index >= 15 is 0 Å². The molecule has 0 fully saturated rings. The van der Waals surface area contributed by atoms with Crippen LogP contribution in [0.5, 0.6) is 0 Å². The van der Waals surface area contributed by atoms with E-state index in [1.807, 2.05) is 30.3 Å². The van der Waals surface area contributed by atoms with Gasteiger partial charge in [0.15, 0.2) is 9.80 Å². The van der Waals surface area contributed by atoms with Crippen molar-refractivity contribution in [2.24, 2.45) is 0 Å². The first-order chi connectivity index (χ1) is 12.0. The second kappa shape index (κ2) is 7.62. The molecule has 3 aromatic rings. The number of furan rings is 1. The molecule has 1 amide bonds. The third-order valence-corrected chi connectivity index (χ3v) is 4.49. The van der Waals surface area contributed by atoms with Gasteiger partial charge in [-0.15, -0.1) is 11.3 Å². The number of hydrogen-bond donors (Lipinski definition) is 0. The molecule has 0 radical (unpaired) electrons. The molecule has 0 atom stereocenters. The van der Waals surface area contributed by atoms with E-state index < -0.39 is 5.97 Å². The fraction of sp³-hybridized carbons (Fsp3) is 0.118. The van der Waals surface area contributed by atoms with Gasteiger partial charge in [0.05, 0.1) is 11.4 Å². The van der Waals surface area contributed by atoms with Crippen LogP contribution in [0.25, 0.3) is 0 Å². The second-order valence-corrected chi connectivity index (χ2v) is 6.61. The Bertz CT molecular complexity index is 891. The number of hydrogen-bond acceptors (Lipinski definition) is 6. The number of anilines is 2. The quantitative estimate of drug-likeness (QED) is 0.566. The Kier molecular flexibility index (Phi) is 5.30.